The van der Waals surface area contributed by atoms with Gasteiger partial charge < -0.3 is 9.84 Å². The number of ether oxygens (including phenoxy) is 1. The van der Waals surface area contributed by atoms with Crippen LogP contribution in [0.2, 0.25) is 0 Å². The smallest absolute Gasteiger partial charge is 0.301 e. The van der Waals surface area contributed by atoms with Gasteiger partial charge in [-0.25, -0.2) is 9.37 Å². The third-order valence-electron chi connectivity index (χ3n) is 6.16. The average molecular weight is 503 g/mol. The first-order valence-corrected chi connectivity index (χ1v) is 12.3. The summed E-state index contributed by atoms with van der Waals surface area (Å²) in [6, 6.07) is 15.6. The molecule has 2 heterocycles. The minimum absolute atomic E-state index is 0.0952. The number of rotatable bonds is 5. The molecule has 5 rings (SSSR count). The number of hydrogen-bond donors (Lipinski definition) is 1. The van der Waals surface area contributed by atoms with Crippen molar-refractivity contribution in [3.05, 3.63) is 94.3 Å². The topological polar surface area (TPSA) is 79.7 Å². The van der Waals surface area contributed by atoms with Crippen LogP contribution in [0.25, 0.3) is 16.0 Å². The highest BCUT2D eigenvalue weighted by molar-refractivity contribution is 7.22. The molecule has 1 atom stereocenters. The van der Waals surface area contributed by atoms with Gasteiger partial charge in [-0.15, -0.1) is 0 Å². The minimum atomic E-state index is -1.18. The number of carbonyl (C=O) groups is 2. The molecule has 1 N–H and O–H groups in total. The van der Waals surface area contributed by atoms with E-state index in [1.165, 1.54) is 34.4 Å². The molecule has 36 heavy (non-hydrogen) atoms. The van der Waals surface area contributed by atoms with E-state index in [1.54, 1.807) is 31.2 Å². The van der Waals surface area contributed by atoms with Crippen LogP contribution in [-0.2, 0) is 9.59 Å². The molecule has 0 radical (unpaired) electrons. The van der Waals surface area contributed by atoms with E-state index in [4.69, 9.17) is 4.74 Å². The van der Waals surface area contributed by atoms with Gasteiger partial charge in [0, 0.05) is 11.1 Å². The number of fused-ring (bicyclic) bond motifs is 1. The molecule has 1 aromatic heterocycles. The van der Waals surface area contributed by atoms with Crippen LogP contribution in [-0.4, -0.2) is 28.4 Å². The maximum atomic E-state index is 15.1. The highest BCUT2D eigenvalue weighted by atomic mass is 32.1. The molecule has 1 aliphatic rings. The van der Waals surface area contributed by atoms with E-state index in [9.17, 15) is 14.7 Å². The number of nitrogens with zero attached hydrogens (tertiary/aromatic N) is 2. The summed E-state index contributed by atoms with van der Waals surface area (Å²) < 4.78 is 21.4. The summed E-state index contributed by atoms with van der Waals surface area (Å²) in [4.78, 5) is 32.5. The second-order valence-corrected chi connectivity index (χ2v) is 9.58. The Kier molecular flexibility index (Phi) is 6.05. The molecule has 1 amide bonds. The zero-order valence-corrected chi connectivity index (χ0v) is 20.7. The summed E-state index contributed by atoms with van der Waals surface area (Å²) in [5, 5.41) is 11.6. The normalized spacial score (nSPS) is 17.2. The monoisotopic (exact) mass is 502 g/mol. The summed E-state index contributed by atoms with van der Waals surface area (Å²) in [5.74, 6) is -2.05. The third kappa shape index (κ3) is 3.93. The summed E-state index contributed by atoms with van der Waals surface area (Å²) in [6.45, 7) is 6.04. The van der Waals surface area contributed by atoms with Crippen molar-refractivity contribution in [2.24, 2.45) is 0 Å². The first-order valence-electron chi connectivity index (χ1n) is 11.5. The molecule has 3 aromatic carbocycles. The first kappa shape index (κ1) is 23.7. The molecule has 1 unspecified atom stereocenters. The van der Waals surface area contributed by atoms with Crippen molar-refractivity contribution in [3.8, 4) is 5.75 Å². The van der Waals surface area contributed by atoms with Crippen LogP contribution >= 0.6 is 11.3 Å². The molecule has 182 valence electrons. The van der Waals surface area contributed by atoms with Gasteiger partial charge in [-0.1, -0.05) is 47.2 Å². The lowest BCUT2D eigenvalue weighted by atomic mass is 9.93. The number of aliphatic hydroxyl groups excluding tert-OH is 1. The van der Waals surface area contributed by atoms with E-state index in [0.29, 0.717) is 23.4 Å². The van der Waals surface area contributed by atoms with Gasteiger partial charge in [0.2, 0.25) is 0 Å². The van der Waals surface area contributed by atoms with Gasteiger partial charge in [-0.3, -0.25) is 14.5 Å². The van der Waals surface area contributed by atoms with Gasteiger partial charge in [0.05, 0.1) is 22.4 Å². The maximum absolute atomic E-state index is 15.1. The summed E-state index contributed by atoms with van der Waals surface area (Å²) in [5.41, 5.74) is 2.54. The molecule has 1 fully saturated rings. The summed E-state index contributed by atoms with van der Waals surface area (Å²) in [7, 11) is 0. The molecule has 6 nitrogen and oxygen atoms in total. The number of aryl methyl sites for hydroxylation is 2. The van der Waals surface area contributed by atoms with E-state index in [0.717, 1.165) is 15.8 Å². The number of thiazole rings is 1. The van der Waals surface area contributed by atoms with Crippen molar-refractivity contribution >= 4 is 44.1 Å². The van der Waals surface area contributed by atoms with Crippen molar-refractivity contribution < 1.29 is 23.8 Å². The molecule has 0 spiro atoms. The van der Waals surface area contributed by atoms with Crippen LogP contribution in [0.4, 0.5) is 9.52 Å². The molecule has 4 aromatic rings. The van der Waals surface area contributed by atoms with Gasteiger partial charge in [-0.05, 0) is 56.7 Å². The molecule has 0 saturated carbocycles. The Hall–Kier alpha value is -4.04. The van der Waals surface area contributed by atoms with Gasteiger partial charge >= 0.3 is 5.91 Å². The average Bonchev–Trinajstić information content (AvgIpc) is 3.38. The van der Waals surface area contributed by atoms with Gasteiger partial charge in [0.25, 0.3) is 5.78 Å². The number of hydrogen-bond acceptors (Lipinski definition) is 6. The Morgan fingerprint density at radius 3 is 2.64 bits per heavy atom. The van der Waals surface area contributed by atoms with Crippen LogP contribution in [0.15, 0.2) is 66.2 Å². The van der Waals surface area contributed by atoms with Crippen LogP contribution < -0.4 is 9.64 Å². The van der Waals surface area contributed by atoms with Gasteiger partial charge in [-0.2, -0.15) is 0 Å². The zero-order chi connectivity index (χ0) is 25.6. The standard InChI is InChI=1S/C28H23FN2O4S/c1-4-35-17-11-12-21-22(14-17)36-28(30-21)31-24(18-7-5-6-8-20(18)29)23(26(33)27(31)34)25(32)19-13-15(2)9-10-16(19)3/h5-14,24,32H,4H2,1-3H3. The number of aromatic nitrogens is 1. The number of amides is 1. The fraction of sp³-hybridized carbons (Fsp3) is 0.179. The largest absolute Gasteiger partial charge is 0.507 e. The number of anilines is 1. The number of halogens is 1. The quantitative estimate of drug-likeness (QED) is 0.203. The predicted octanol–water partition coefficient (Wildman–Crippen LogP) is 6.08. The SMILES string of the molecule is CCOc1ccc2nc(N3C(=O)C(=O)C(=C(O)c4cc(C)ccc4C)C3c3ccccc3F)sc2c1. The Morgan fingerprint density at radius 2 is 1.89 bits per heavy atom. The molecular weight excluding hydrogens is 479 g/mol. The second-order valence-electron chi connectivity index (χ2n) is 8.57. The number of benzene rings is 3. The fourth-order valence-electron chi connectivity index (χ4n) is 4.41. The molecule has 8 heteroatoms. The number of ketones is 1. The van der Waals surface area contributed by atoms with Gasteiger partial charge in [0.15, 0.2) is 5.13 Å². The van der Waals surface area contributed by atoms with Crippen LogP contribution in [0, 0.1) is 19.7 Å². The van der Waals surface area contributed by atoms with E-state index in [2.05, 4.69) is 4.98 Å². The maximum Gasteiger partial charge on any atom is 0.301 e. The number of Topliss-reactive ketones (excluding diaryl/α,β-unsaturated/α-hetero) is 1. The Balaban J connectivity index is 1.74. The summed E-state index contributed by atoms with van der Waals surface area (Å²) >= 11 is 1.19. The third-order valence-corrected chi connectivity index (χ3v) is 7.18. The first-order chi connectivity index (χ1) is 17.3. The Morgan fingerprint density at radius 1 is 1.11 bits per heavy atom. The van der Waals surface area contributed by atoms with Crippen molar-refractivity contribution in [3.63, 3.8) is 0 Å². The van der Waals surface area contributed by atoms with Crippen molar-refractivity contribution in [2.45, 2.75) is 26.8 Å². The minimum Gasteiger partial charge on any atom is -0.507 e. The highest BCUT2D eigenvalue weighted by Crippen LogP contribution is 2.45. The van der Waals surface area contributed by atoms with Gasteiger partial charge in [0.1, 0.15) is 23.4 Å². The van der Waals surface area contributed by atoms with Crippen LogP contribution in [0.5, 0.6) is 5.75 Å². The molecule has 1 saturated heterocycles. The second kappa shape index (κ2) is 9.20. The van der Waals surface area contributed by atoms with Crippen LogP contribution in [0.1, 0.15) is 35.2 Å². The lowest BCUT2D eigenvalue weighted by molar-refractivity contribution is -0.132. The molecule has 0 aliphatic carbocycles. The van der Waals surface area contributed by atoms with Crippen LogP contribution in [0.3, 0.4) is 0 Å². The zero-order valence-electron chi connectivity index (χ0n) is 19.9. The Labute approximate surface area is 211 Å². The predicted molar refractivity (Wildman–Crippen MR) is 138 cm³/mol. The number of carbonyl (C=O) groups excluding carboxylic acids is 2. The lowest BCUT2D eigenvalue weighted by Crippen LogP contribution is -2.29. The summed E-state index contributed by atoms with van der Waals surface area (Å²) in [6.07, 6.45) is 0. The van der Waals surface area contributed by atoms with Crippen molar-refractivity contribution in [1.29, 1.82) is 0 Å². The lowest BCUT2D eigenvalue weighted by Gasteiger charge is -2.23. The molecule has 1 aliphatic heterocycles. The highest BCUT2D eigenvalue weighted by Gasteiger charge is 2.49. The van der Waals surface area contributed by atoms with E-state index in [1.807, 2.05) is 32.0 Å². The van der Waals surface area contributed by atoms with E-state index >= 15 is 4.39 Å². The van der Waals surface area contributed by atoms with E-state index < -0.39 is 23.5 Å². The molecule has 0 bridgehead atoms. The fourth-order valence-corrected chi connectivity index (χ4v) is 5.43. The van der Waals surface area contributed by atoms with Crippen molar-refractivity contribution in [1.82, 2.24) is 4.98 Å². The van der Waals surface area contributed by atoms with Crippen molar-refractivity contribution in [2.75, 3.05) is 11.5 Å². The van der Waals surface area contributed by atoms with E-state index in [-0.39, 0.29) is 22.0 Å². The molecular formula is C28H23FN2O4S. The number of aliphatic hydroxyl groups is 1. The Bertz CT molecular complexity index is 1560.